The van der Waals surface area contributed by atoms with Crippen molar-refractivity contribution in [2.75, 3.05) is 25.6 Å². The molecular weight excluding hydrogens is 328 g/mol. The first-order valence-corrected chi connectivity index (χ1v) is 8.10. The van der Waals surface area contributed by atoms with Crippen molar-refractivity contribution in [3.8, 4) is 11.5 Å². The van der Waals surface area contributed by atoms with Crippen LogP contribution < -0.4 is 20.1 Å². The van der Waals surface area contributed by atoms with Gasteiger partial charge < -0.3 is 20.1 Å². The van der Waals surface area contributed by atoms with Crippen LogP contribution in [0.2, 0.25) is 5.02 Å². The van der Waals surface area contributed by atoms with Gasteiger partial charge in [0, 0.05) is 5.02 Å². The second-order valence-corrected chi connectivity index (χ2v) is 5.51. The molecule has 0 aliphatic heterocycles. The van der Waals surface area contributed by atoms with E-state index in [1.165, 1.54) is 12.7 Å². The summed E-state index contributed by atoms with van der Waals surface area (Å²) in [6.07, 6.45) is 0.995. The lowest BCUT2D eigenvalue weighted by Gasteiger charge is -2.12. The average molecular weight is 349 g/mol. The Morgan fingerprint density at radius 2 is 1.92 bits per heavy atom. The Hall–Kier alpha value is -2.40. The third kappa shape index (κ3) is 5.35. The number of rotatable bonds is 7. The van der Waals surface area contributed by atoms with Crippen LogP contribution in [0.5, 0.6) is 11.5 Å². The number of halogens is 1. The highest BCUT2D eigenvalue weighted by Gasteiger charge is 2.07. The molecule has 0 heterocycles. The third-order valence-corrected chi connectivity index (χ3v) is 3.63. The molecule has 128 valence electrons. The van der Waals surface area contributed by atoms with Gasteiger partial charge >= 0.3 is 6.03 Å². The maximum atomic E-state index is 11.9. The normalized spacial score (nSPS) is 10.1. The van der Waals surface area contributed by atoms with Crippen LogP contribution in [-0.4, -0.2) is 26.3 Å². The molecule has 0 aliphatic carbocycles. The lowest BCUT2D eigenvalue weighted by atomic mass is 10.2. The van der Waals surface area contributed by atoms with Crippen LogP contribution in [0, 0.1) is 0 Å². The van der Waals surface area contributed by atoms with E-state index in [2.05, 4.69) is 17.6 Å². The van der Waals surface area contributed by atoms with Crippen LogP contribution in [0.15, 0.2) is 42.5 Å². The van der Waals surface area contributed by atoms with Crippen molar-refractivity contribution in [2.24, 2.45) is 0 Å². The van der Waals surface area contributed by atoms with Crippen LogP contribution in [0.25, 0.3) is 0 Å². The minimum Gasteiger partial charge on any atom is -0.495 e. The molecular formula is C18H21ClN2O3. The van der Waals surface area contributed by atoms with Crippen LogP contribution in [0.4, 0.5) is 10.5 Å². The number of hydrogen-bond acceptors (Lipinski definition) is 3. The van der Waals surface area contributed by atoms with Crippen LogP contribution >= 0.6 is 11.6 Å². The molecule has 0 spiro atoms. The number of hydrogen-bond donors (Lipinski definition) is 2. The van der Waals surface area contributed by atoms with Crippen molar-refractivity contribution in [3.05, 3.63) is 53.1 Å². The topological polar surface area (TPSA) is 59.6 Å². The van der Waals surface area contributed by atoms with Crippen LogP contribution in [0.1, 0.15) is 12.5 Å². The van der Waals surface area contributed by atoms with E-state index in [4.69, 9.17) is 21.1 Å². The number of nitrogens with one attached hydrogen (secondary N) is 2. The highest BCUT2D eigenvalue weighted by atomic mass is 35.5. The molecule has 2 aromatic rings. The van der Waals surface area contributed by atoms with E-state index in [1.54, 1.807) is 18.2 Å². The summed E-state index contributed by atoms with van der Waals surface area (Å²) < 4.78 is 10.8. The Morgan fingerprint density at radius 1 is 1.17 bits per heavy atom. The van der Waals surface area contributed by atoms with Crippen molar-refractivity contribution >= 4 is 23.3 Å². The zero-order valence-electron chi connectivity index (χ0n) is 13.8. The molecule has 5 nitrogen and oxygen atoms in total. The van der Waals surface area contributed by atoms with Gasteiger partial charge in [-0.05, 0) is 42.3 Å². The number of benzene rings is 2. The molecule has 2 rings (SSSR count). The molecule has 2 N–H and O–H groups in total. The second kappa shape index (κ2) is 9.03. The lowest BCUT2D eigenvalue weighted by molar-refractivity contribution is 0.247. The molecule has 6 heteroatoms. The first kappa shape index (κ1) is 17.9. The highest BCUT2D eigenvalue weighted by molar-refractivity contribution is 6.31. The maximum Gasteiger partial charge on any atom is 0.319 e. The molecule has 0 saturated heterocycles. The summed E-state index contributed by atoms with van der Waals surface area (Å²) >= 11 is 5.93. The number of carbonyl (C=O) groups excluding carboxylic acids is 1. The van der Waals surface area contributed by atoms with Gasteiger partial charge in [0.1, 0.15) is 18.1 Å². The van der Waals surface area contributed by atoms with Crippen molar-refractivity contribution in [3.63, 3.8) is 0 Å². The summed E-state index contributed by atoms with van der Waals surface area (Å²) in [6.45, 7) is 2.86. The fourth-order valence-corrected chi connectivity index (χ4v) is 2.27. The number of urea groups is 1. The molecule has 0 radical (unpaired) electrons. The number of ether oxygens (including phenoxy) is 2. The Kier molecular flexibility index (Phi) is 6.75. The molecule has 0 unspecified atom stereocenters. The standard InChI is InChI=1S/C18H21ClN2O3/c1-3-13-4-7-15(8-5-13)24-11-10-20-18(22)21-16-12-14(19)6-9-17(16)23-2/h4-9,12H,3,10-11H2,1-2H3,(H2,20,21,22). The average Bonchev–Trinajstić information content (AvgIpc) is 2.59. The summed E-state index contributed by atoms with van der Waals surface area (Å²) in [4.78, 5) is 11.9. The summed E-state index contributed by atoms with van der Waals surface area (Å²) in [6, 6.07) is 12.6. The fraction of sp³-hybridized carbons (Fsp3) is 0.278. The van der Waals surface area contributed by atoms with Gasteiger partial charge in [-0.15, -0.1) is 0 Å². The fourth-order valence-electron chi connectivity index (χ4n) is 2.10. The Bertz CT molecular complexity index is 674. The SMILES string of the molecule is CCc1ccc(OCCNC(=O)Nc2cc(Cl)ccc2OC)cc1. The van der Waals surface area contributed by atoms with Gasteiger partial charge in [-0.2, -0.15) is 0 Å². The maximum absolute atomic E-state index is 11.9. The van der Waals surface area contributed by atoms with E-state index in [0.717, 1.165) is 12.2 Å². The predicted octanol–water partition coefficient (Wildman–Crippen LogP) is 4.11. The van der Waals surface area contributed by atoms with Gasteiger partial charge in [0.25, 0.3) is 0 Å². The van der Waals surface area contributed by atoms with Gasteiger partial charge in [-0.25, -0.2) is 4.79 Å². The highest BCUT2D eigenvalue weighted by Crippen LogP contribution is 2.27. The minimum absolute atomic E-state index is 0.347. The van der Waals surface area contributed by atoms with Crippen LogP contribution in [-0.2, 0) is 6.42 Å². The monoisotopic (exact) mass is 348 g/mol. The van der Waals surface area contributed by atoms with Gasteiger partial charge in [0.05, 0.1) is 19.3 Å². The quantitative estimate of drug-likeness (QED) is 0.740. The van der Waals surface area contributed by atoms with E-state index in [1.807, 2.05) is 24.3 Å². The Labute approximate surface area is 146 Å². The number of amides is 2. The molecule has 0 aliphatic rings. The Balaban J connectivity index is 1.76. The van der Waals surface area contributed by atoms with Crippen molar-refractivity contribution < 1.29 is 14.3 Å². The van der Waals surface area contributed by atoms with E-state index in [0.29, 0.717) is 29.6 Å². The largest absolute Gasteiger partial charge is 0.495 e. The molecule has 0 fully saturated rings. The second-order valence-electron chi connectivity index (χ2n) is 5.07. The molecule has 24 heavy (non-hydrogen) atoms. The predicted molar refractivity (Wildman–Crippen MR) is 96.3 cm³/mol. The van der Waals surface area contributed by atoms with E-state index < -0.39 is 0 Å². The number of carbonyl (C=O) groups is 1. The first-order valence-electron chi connectivity index (χ1n) is 7.72. The van der Waals surface area contributed by atoms with Crippen molar-refractivity contribution in [2.45, 2.75) is 13.3 Å². The summed E-state index contributed by atoms with van der Waals surface area (Å²) in [7, 11) is 1.53. The molecule has 0 aromatic heterocycles. The number of aryl methyl sites for hydroxylation is 1. The Morgan fingerprint density at radius 3 is 2.58 bits per heavy atom. The molecule has 0 bridgehead atoms. The van der Waals surface area contributed by atoms with Crippen molar-refractivity contribution in [1.29, 1.82) is 0 Å². The van der Waals surface area contributed by atoms with Crippen molar-refractivity contribution in [1.82, 2.24) is 5.32 Å². The minimum atomic E-state index is -0.347. The third-order valence-electron chi connectivity index (χ3n) is 3.40. The van der Waals surface area contributed by atoms with E-state index in [-0.39, 0.29) is 6.03 Å². The summed E-state index contributed by atoms with van der Waals surface area (Å²) in [5, 5.41) is 5.94. The molecule has 2 amide bonds. The molecule has 2 aromatic carbocycles. The molecule has 0 atom stereocenters. The van der Waals surface area contributed by atoms with E-state index in [9.17, 15) is 4.79 Å². The van der Waals surface area contributed by atoms with Crippen LogP contribution in [0.3, 0.4) is 0 Å². The molecule has 0 saturated carbocycles. The van der Waals surface area contributed by atoms with Gasteiger partial charge in [0.2, 0.25) is 0 Å². The van der Waals surface area contributed by atoms with Gasteiger partial charge in [0.15, 0.2) is 0 Å². The zero-order chi connectivity index (χ0) is 17.4. The first-order chi connectivity index (χ1) is 11.6. The number of anilines is 1. The summed E-state index contributed by atoms with van der Waals surface area (Å²) in [5.41, 5.74) is 1.77. The number of methoxy groups -OCH3 is 1. The lowest BCUT2D eigenvalue weighted by Crippen LogP contribution is -2.32. The van der Waals surface area contributed by atoms with Gasteiger partial charge in [-0.3, -0.25) is 0 Å². The zero-order valence-corrected chi connectivity index (χ0v) is 14.5. The smallest absolute Gasteiger partial charge is 0.319 e. The summed E-state index contributed by atoms with van der Waals surface area (Å²) in [5.74, 6) is 1.33. The van der Waals surface area contributed by atoms with Gasteiger partial charge in [-0.1, -0.05) is 30.7 Å². The van der Waals surface area contributed by atoms with E-state index >= 15 is 0 Å².